The molecule has 190 valence electrons. The zero-order chi connectivity index (χ0) is 25.1. The number of rotatable bonds is 13. The van der Waals surface area contributed by atoms with E-state index in [1.54, 1.807) is 11.8 Å². The molecule has 2 unspecified atom stereocenters. The maximum absolute atomic E-state index is 12.1. The van der Waals surface area contributed by atoms with Gasteiger partial charge in [0.15, 0.2) is 5.78 Å². The Labute approximate surface area is 212 Å². The molecule has 2 atom stereocenters. The molecule has 0 radical (unpaired) electrons. The number of hydrogen-bond donors (Lipinski definition) is 1. The molecule has 0 bridgehead atoms. The van der Waals surface area contributed by atoms with Gasteiger partial charge in [0.25, 0.3) is 0 Å². The average Bonchev–Trinajstić information content (AvgIpc) is 2.83. The first-order valence-corrected chi connectivity index (χ1v) is 14.1. The van der Waals surface area contributed by atoms with Gasteiger partial charge in [-0.1, -0.05) is 67.7 Å². The van der Waals surface area contributed by atoms with Crippen LogP contribution in [0.3, 0.4) is 0 Å². The zero-order valence-corrected chi connectivity index (χ0v) is 23.3. The smallest absolute Gasteiger partial charge is 0.157 e. The minimum Gasteiger partial charge on any atom is -0.493 e. The van der Waals surface area contributed by atoms with Crippen molar-refractivity contribution in [3.8, 4) is 5.75 Å². The van der Waals surface area contributed by atoms with Gasteiger partial charge in [-0.3, -0.25) is 9.79 Å². The van der Waals surface area contributed by atoms with E-state index in [1.807, 2.05) is 13.1 Å². The van der Waals surface area contributed by atoms with Crippen molar-refractivity contribution in [3.05, 3.63) is 34.4 Å². The second kappa shape index (κ2) is 14.0. The number of carbonyl (C=O) groups is 1. The van der Waals surface area contributed by atoms with Crippen molar-refractivity contribution >= 4 is 29.4 Å². The number of thioether (sulfide) groups is 1. The van der Waals surface area contributed by atoms with Gasteiger partial charge in [-0.15, -0.1) is 11.8 Å². The highest BCUT2D eigenvalue weighted by Gasteiger charge is 2.23. The van der Waals surface area contributed by atoms with Crippen LogP contribution in [-0.4, -0.2) is 30.4 Å². The number of benzene rings is 1. The summed E-state index contributed by atoms with van der Waals surface area (Å²) in [6, 6.07) is 6.22. The number of hydrogen-bond acceptors (Lipinski definition) is 5. The van der Waals surface area contributed by atoms with Crippen LogP contribution in [0.15, 0.2) is 33.8 Å². The SMILES string of the molecule is CCCCC(CC)COc1ccc(NC(CC(C)(C)C)=C2C=NC(C(=O)CC)CS2)c(CC)c1. The number of allylic oxidation sites excluding steroid dienone is 2. The lowest BCUT2D eigenvalue weighted by molar-refractivity contribution is -0.119. The monoisotopic (exact) mass is 486 g/mol. The summed E-state index contributed by atoms with van der Waals surface area (Å²) in [7, 11) is 0. The number of aliphatic imine (C=N–C) groups is 1. The Balaban J connectivity index is 2.22. The Bertz CT molecular complexity index is 854. The molecule has 4 nitrogen and oxygen atoms in total. The molecule has 0 saturated heterocycles. The van der Waals surface area contributed by atoms with Gasteiger partial charge in [-0.25, -0.2) is 0 Å². The van der Waals surface area contributed by atoms with Crippen LogP contribution in [-0.2, 0) is 11.2 Å². The fourth-order valence-electron chi connectivity index (χ4n) is 4.06. The Kier molecular flexibility index (Phi) is 11.7. The number of ketones is 1. The number of carbonyl (C=O) groups excluding carboxylic acids is 1. The highest BCUT2D eigenvalue weighted by molar-refractivity contribution is 8.04. The summed E-state index contributed by atoms with van der Waals surface area (Å²) < 4.78 is 6.20. The number of unbranched alkanes of at least 4 members (excludes halogenated alkanes) is 1. The molecule has 34 heavy (non-hydrogen) atoms. The molecule has 0 aliphatic carbocycles. The quantitative estimate of drug-likeness (QED) is 0.306. The lowest BCUT2D eigenvalue weighted by Crippen LogP contribution is -2.24. The molecule has 1 aliphatic rings. The first kappa shape index (κ1) is 28.5. The first-order chi connectivity index (χ1) is 16.2. The molecule has 0 amide bonds. The summed E-state index contributed by atoms with van der Waals surface area (Å²) in [5, 5.41) is 3.74. The van der Waals surface area contributed by atoms with Crippen LogP contribution >= 0.6 is 11.8 Å². The van der Waals surface area contributed by atoms with Gasteiger partial charge in [0.2, 0.25) is 0 Å². The number of aryl methyl sites for hydroxylation is 1. The lowest BCUT2D eigenvalue weighted by Gasteiger charge is -2.26. The Morgan fingerprint density at radius 3 is 2.56 bits per heavy atom. The standard InChI is InChI=1S/C29H46N2O2S/c1-8-12-13-21(9-2)19-33-23-14-15-24(22(10-3)16-23)31-25(17-29(5,6)7)28-18-30-26(20-34-28)27(32)11-4/h14-16,18,21,26,31H,8-13,17,19-20H2,1-7H3. The van der Waals surface area contributed by atoms with Crippen LogP contribution in [0.25, 0.3) is 0 Å². The summed E-state index contributed by atoms with van der Waals surface area (Å²) in [5.41, 5.74) is 3.68. The van der Waals surface area contributed by atoms with Crippen LogP contribution in [0, 0.1) is 11.3 Å². The van der Waals surface area contributed by atoms with Crippen LogP contribution in [0.2, 0.25) is 0 Å². The van der Waals surface area contributed by atoms with E-state index in [2.05, 4.69) is 70.1 Å². The highest BCUT2D eigenvalue weighted by atomic mass is 32.2. The van der Waals surface area contributed by atoms with Crippen LogP contribution in [0.4, 0.5) is 5.69 Å². The van der Waals surface area contributed by atoms with Crippen molar-refractivity contribution in [1.82, 2.24) is 0 Å². The number of ether oxygens (including phenoxy) is 1. The second-order valence-corrected chi connectivity index (χ2v) is 11.6. The number of anilines is 1. The van der Waals surface area contributed by atoms with Gasteiger partial charge in [-0.2, -0.15) is 0 Å². The van der Waals surface area contributed by atoms with Gasteiger partial charge >= 0.3 is 0 Å². The Morgan fingerprint density at radius 1 is 1.24 bits per heavy atom. The fourth-order valence-corrected chi connectivity index (χ4v) is 5.10. The topological polar surface area (TPSA) is 50.7 Å². The van der Waals surface area contributed by atoms with Crippen LogP contribution in [0.1, 0.15) is 92.6 Å². The first-order valence-electron chi connectivity index (χ1n) is 13.1. The van der Waals surface area contributed by atoms with Crippen LogP contribution < -0.4 is 10.1 Å². The molecular weight excluding hydrogens is 440 g/mol. The second-order valence-electron chi connectivity index (χ2n) is 10.5. The molecule has 1 heterocycles. The molecule has 2 rings (SSSR count). The Hall–Kier alpha value is -1.75. The van der Waals surface area contributed by atoms with Crippen molar-refractivity contribution in [2.45, 2.75) is 99.5 Å². The minimum absolute atomic E-state index is 0.128. The summed E-state index contributed by atoms with van der Waals surface area (Å²) in [4.78, 5) is 17.8. The van der Waals surface area contributed by atoms with Gasteiger partial charge in [0.05, 0.1) is 6.61 Å². The molecule has 1 N–H and O–H groups in total. The summed E-state index contributed by atoms with van der Waals surface area (Å²) in [6.07, 6.45) is 9.19. The average molecular weight is 487 g/mol. The number of nitrogens with one attached hydrogen (secondary N) is 1. The van der Waals surface area contributed by atoms with Gasteiger partial charge in [0, 0.05) is 34.7 Å². The predicted octanol–water partition coefficient (Wildman–Crippen LogP) is 8.07. The van der Waals surface area contributed by atoms with Gasteiger partial charge in [-0.05, 0) is 54.4 Å². The third-order valence-corrected chi connectivity index (χ3v) is 7.41. The van der Waals surface area contributed by atoms with E-state index in [0.717, 1.165) is 48.0 Å². The lowest BCUT2D eigenvalue weighted by atomic mass is 9.90. The van der Waals surface area contributed by atoms with E-state index in [1.165, 1.54) is 30.5 Å². The number of Topliss-reactive ketones (excluding diaryl/α,β-unsaturated/α-hetero) is 1. The van der Waals surface area contributed by atoms with Crippen molar-refractivity contribution in [2.75, 3.05) is 17.7 Å². The van der Waals surface area contributed by atoms with Gasteiger partial charge < -0.3 is 10.1 Å². The van der Waals surface area contributed by atoms with Crippen molar-refractivity contribution < 1.29 is 9.53 Å². The predicted molar refractivity (Wildman–Crippen MR) is 149 cm³/mol. The molecular formula is C29H46N2O2S. The summed E-state index contributed by atoms with van der Waals surface area (Å²) in [5.74, 6) is 2.52. The van der Waals surface area contributed by atoms with E-state index in [9.17, 15) is 4.79 Å². The number of nitrogens with zero attached hydrogens (tertiary/aromatic N) is 1. The largest absolute Gasteiger partial charge is 0.493 e. The van der Waals surface area contributed by atoms with E-state index in [-0.39, 0.29) is 17.2 Å². The molecule has 5 heteroatoms. The molecule has 1 aliphatic heterocycles. The van der Waals surface area contributed by atoms with Crippen molar-refractivity contribution in [3.63, 3.8) is 0 Å². The summed E-state index contributed by atoms with van der Waals surface area (Å²) in [6.45, 7) is 16.2. The maximum Gasteiger partial charge on any atom is 0.157 e. The molecule has 0 spiro atoms. The third-order valence-electron chi connectivity index (χ3n) is 6.27. The normalized spacial score (nSPS) is 18.5. The zero-order valence-electron chi connectivity index (χ0n) is 22.5. The molecule has 0 aromatic heterocycles. The molecule has 0 fully saturated rings. The molecule has 1 aromatic carbocycles. The Morgan fingerprint density at radius 2 is 2.00 bits per heavy atom. The summed E-state index contributed by atoms with van der Waals surface area (Å²) >= 11 is 1.74. The molecule has 1 aromatic rings. The van der Waals surface area contributed by atoms with E-state index in [0.29, 0.717) is 12.3 Å². The highest BCUT2D eigenvalue weighted by Crippen LogP contribution is 2.34. The van der Waals surface area contributed by atoms with E-state index in [4.69, 9.17) is 4.74 Å². The minimum atomic E-state index is -0.207. The van der Waals surface area contributed by atoms with E-state index >= 15 is 0 Å². The fraction of sp³-hybridized carbons (Fsp3) is 0.655. The molecule has 0 saturated carbocycles. The van der Waals surface area contributed by atoms with Gasteiger partial charge in [0.1, 0.15) is 11.8 Å². The third kappa shape index (κ3) is 9.13. The maximum atomic E-state index is 12.1. The van der Waals surface area contributed by atoms with Crippen molar-refractivity contribution in [2.24, 2.45) is 16.3 Å². The van der Waals surface area contributed by atoms with Crippen LogP contribution in [0.5, 0.6) is 5.75 Å². The van der Waals surface area contributed by atoms with Crippen molar-refractivity contribution in [1.29, 1.82) is 0 Å². The van der Waals surface area contributed by atoms with E-state index < -0.39 is 0 Å².